The van der Waals surface area contributed by atoms with E-state index in [4.69, 9.17) is 4.74 Å². The minimum atomic E-state index is -0.804. The molecule has 0 amide bonds. The van der Waals surface area contributed by atoms with Gasteiger partial charge in [0.05, 0.1) is 12.5 Å². The Balaban J connectivity index is 2.22. The summed E-state index contributed by atoms with van der Waals surface area (Å²) in [6.07, 6.45) is 2.25. The van der Waals surface area contributed by atoms with E-state index in [1.54, 1.807) is 19.1 Å². The molecule has 0 radical (unpaired) electrons. The number of rotatable bonds is 5. The molecule has 1 aromatic carbocycles. The minimum absolute atomic E-state index is 0.183. The number of halogens is 1. The molecular formula is C14H17FO3. The lowest BCUT2D eigenvalue weighted by Crippen LogP contribution is -2.32. The third-order valence-electron chi connectivity index (χ3n) is 3.75. The third-order valence-corrected chi connectivity index (χ3v) is 3.75. The first-order chi connectivity index (χ1) is 8.47. The van der Waals surface area contributed by atoms with E-state index in [9.17, 15) is 14.3 Å². The second-order valence-electron chi connectivity index (χ2n) is 5.14. The SMILES string of the molecule is COc1ccc(CC(C)(C(=O)O)C2CC2)cc1F. The highest BCUT2D eigenvalue weighted by Crippen LogP contribution is 2.47. The van der Waals surface area contributed by atoms with E-state index in [1.807, 2.05) is 0 Å². The van der Waals surface area contributed by atoms with Gasteiger partial charge in [0, 0.05) is 0 Å². The molecule has 0 spiro atoms. The fourth-order valence-corrected chi connectivity index (χ4v) is 2.36. The third kappa shape index (κ3) is 2.33. The summed E-state index contributed by atoms with van der Waals surface area (Å²) < 4.78 is 18.4. The van der Waals surface area contributed by atoms with Gasteiger partial charge in [0.1, 0.15) is 0 Å². The zero-order chi connectivity index (χ0) is 13.3. The van der Waals surface area contributed by atoms with Gasteiger partial charge in [-0.3, -0.25) is 4.79 Å². The molecule has 0 heterocycles. The first kappa shape index (κ1) is 12.9. The zero-order valence-electron chi connectivity index (χ0n) is 10.6. The first-order valence-corrected chi connectivity index (χ1v) is 6.03. The smallest absolute Gasteiger partial charge is 0.309 e. The van der Waals surface area contributed by atoms with Crippen LogP contribution in [0.2, 0.25) is 0 Å². The highest BCUT2D eigenvalue weighted by atomic mass is 19.1. The lowest BCUT2D eigenvalue weighted by Gasteiger charge is -2.24. The molecule has 1 fully saturated rings. The molecule has 3 nitrogen and oxygen atoms in total. The summed E-state index contributed by atoms with van der Waals surface area (Å²) in [4.78, 5) is 11.4. The van der Waals surface area contributed by atoms with Gasteiger partial charge in [-0.05, 0) is 49.8 Å². The van der Waals surface area contributed by atoms with Crippen molar-refractivity contribution in [2.45, 2.75) is 26.2 Å². The van der Waals surface area contributed by atoms with Crippen LogP contribution in [0.5, 0.6) is 5.75 Å². The maximum atomic E-state index is 13.6. The fraction of sp³-hybridized carbons (Fsp3) is 0.500. The topological polar surface area (TPSA) is 46.5 Å². The molecule has 0 bridgehead atoms. The Labute approximate surface area is 106 Å². The number of carboxylic acids is 1. The van der Waals surface area contributed by atoms with Crippen LogP contribution in [0.3, 0.4) is 0 Å². The normalized spacial score (nSPS) is 18.2. The van der Waals surface area contributed by atoms with Crippen LogP contribution in [0.25, 0.3) is 0 Å². The summed E-state index contributed by atoms with van der Waals surface area (Å²) in [7, 11) is 1.41. The summed E-state index contributed by atoms with van der Waals surface area (Å²) in [5.41, 5.74) is -0.0915. The summed E-state index contributed by atoms with van der Waals surface area (Å²) in [5, 5.41) is 9.36. The van der Waals surface area contributed by atoms with Crippen LogP contribution in [-0.2, 0) is 11.2 Å². The largest absolute Gasteiger partial charge is 0.494 e. The van der Waals surface area contributed by atoms with E-state index in [2.05, 4.69) is 0 Å². The molecule has 1 N–H and O–H groups in total. The summed E-state index contributed by atoms with van der Waals surface area (Å²) >= 11 is 0. The number of benzene rings is 1. The molecule has 1 atom stereocenters. The number of carboxylic acid groups (broad SMARTS) is 1. The Morgan fingerprint density at radius 2 is 2.22 bits per heavy atom. The van der Waals surface area contributed by atoms with Crippen molar-refractivity contribution in [1.82, 2.24) is 0 Å². The Bertz CT molecular complexity index is 468. The monoisotopic (exact) mass is 252 g/mol. The van der Waals surface area contributed by atoms with Gasteiger partial charge in [0.25, 0.3) is 0 Å². The van der Waals surface area contributed by atoms with E-state index < -0.39 is 17.2 Å². The molecule has 0 aromatic heterocycles. The van der Waals surface area contributed by atoms with Crippen molar-refractivity contribution in [2.75, 3.05) is 7.11 Å². The lowest BCUT2D eigenvalue weighted by molar-refractivity contribution is -0.149. The summed E-state index contributed by atoms with van der Waals surface area (Å²) in [5.74, 6) is -0.859. The van der Waals surface area contributed by atoms with E-state index >= 15 is 0 Å². The molecule has 1 aromatic rings. The van der Waals surface area contributed by atoms with Gasteiger partial charge in [-0.25, -0.2) is 4.39 Å². The maximum absolute atomic E-state index is 13.6. The molecule has 1 aliphatic rings. The van der Waals surface area contributed by atoms with Gasteiger partial charge in [0.2, 0.25) is 0 Å². The van der Waals surface area contributed by atoms with Crippen LogP contribution in [0.15, 0.2) is 18.2 Å². The van der Waals surface area contributed by atoms with Crippen molar-refractivity contribution in [3.8, 4) is 5.75 Å². The first-order valence-electron chi connectivity index (χ1n) is 6.03. The van der Waals surface area contributed by atoms with Crippen LogP contribution >= 0.6 is 0 Å². The minimum Gasteiger partial charge on any atom is -0.494 e. The highest BCUT2D eigenvalue weighted by Gasteiger charge is 2.47. The number of hydrogen-bond acceptors (Lipinski definition) is 2. The van der Waals surface area contributed by atoms with Gasteiger partial charge in [-0.15, -0.1) is 0 Å². The van der Waals surface area contributed by atoms with Gasteiger partial charge in [-0.1, -0.05) is 6.07 Å². The number of methoxy groups -OCH3 is 1. The van der Waals surface area contributed by atoms with Crippen LogP contribution < -0.4 is 4.74 Å². The van der Waals surface area contributed by atoms with Gasteiger partial charge in [0.15, 0.2) is 11.6 Å². The van der Waals surface area contributed by atoms with Crippen LogP contribution in [0, 0.1) is 17.2 Å². The predicted molar refractivity (Wildman–Crippen MR) is 65.1 cm³/mol. The van der Waals surface area contributed by atoms with Gasteiger partial charge in [-0.2, -0.15) is 0 Å². The second kappa shape index (κ2) is 4.59. The number of aliphatic carboxylic acids is 1. The highest BCUT2D eigenvalue weighted by molar-refractivity contribution is 5.75. The number of ether oxygens (including phenoxy) is 1. The van der Waals surface area contributed by atoms with Crippen molar-refractivity contribution in [2.24, 2.45) is 11.3 Å². The molecule has 0 saturated heterocycles. The predicted octanol–water partition coefficient (Wildman–Crippen LogP) is 2.88. The quantitative estimate of drug-likeness (QED) is 0.876. The number of hydrogen-bond donors (Lipinski definition) is 1. The average molecular weight is 252 g/mol. The van der Waals surface area contributed by atoms with Crippen molar-refractivity contribution >= 4 is 5.97 Å². The van der Waals surface area contributed by atoms with E-state index in [0.717, 1.165) is 12.8 Å². The van der Waals surface area contributed by atoms with E-state index in [1.165, 1.54) is 13.2 Å². The van der Waals surface area contributed by atoms with Crippen molar-refractivity contribution < 1.29 is 19.0 Å². The average Bonchev–Trinajstić information content (AvgIpc) is 3.13. The van der Waals surface area contributed by atoms with Crippen molar-refractivity contribution in [3.05, 3.63) is 29.6 Å². The van der Waals surface area contributed by atoms with Crippen molar-refractivity contribution in [1.29, 1.82) is 0 Å². The molecule has 98 valence electrons. The Kier molecular flexibility index (Phi) is 3.28. The van der Waals surface area contributed by atoms with Crippen LogP contribution in [-0.4, -0.2) is 18.2 Å². The lowest BCUT2D eigenvalue weighted by atomic mass is 9.79. The second-order valence-corrected chi connectivity index (χ2v) is 5.14. The number of carbonyl (C=O) groups is 1. The van der Waals surface area contributed by atoms with Crippen molar-refractivity contribution in [3.63, 3.8) is 0 Å². The molecule has 1 unspecified atom stereocenters. The fourth-order valence-electron chi connectivity index (χ4n) is 2.36. The van der Waals surface area contributed by atoms with Crippen LogP contribution in [0.4, 0.5) is 4.39 Å². The zero-order valence-corrected chi connectivity index (χ0v) is 10.6. The van der Waals surface area contributed by atoms with Crippen LogP contribution in [0.1, 0.15) is 25.3 Å². The molecule has 0 aliphatic heterocycles. The molecule has 1 saturated carbocycles. The molecule has 2 rings (SSSR count). The molecule has 18 heavy (non-hydrogen) atoms. The van der Waals surface area contributed by atoms with Gasteiger partial charge >= 0.3 is 5.97 Å². The Morgan fingerprint density at radius 1 is 1.56 bits per heavy atom. The Hall–Kier alpha value is -1.58. The van der Waals surface area contributed by atoms with E-state index in [0.29, 0.717) is 12.0 Å². The molecular weight excluding hydrogens is 235 g/mol. The standard InChI is InChI=1S/C14H17FO3/c1-14(13(16)17,10-4-5-10)8-9-3-6-12(18-2)11(15)7-9/h3,6-7,10H,4-5,8H2,1-2H3,(H,16,17). The summed E-state index contributed by atoms with van der Waals surface area (Å²) in [6.45, 7) is 1.75. The molecule has 4 heteroatoms. The Morgan fingerprint density at radius 3 is 2.67 bits per heavy atom. The molecule has 1 aliphatic carbocycles. The van der Waals surface area contributed by atoms with E-state index in [-0.39, 0.29) is 11.7 Å². The van der Waals surface area contributed by atoms with Gasteiger partial charge < -0.3 is 9.84 Å². The summed E-state index contributed by atoms with van der Waals surface area (Å²) in [6, 6.07) is 4.63. The maximum Gasteiger partial charge on any atom is 0.309 e.